The molecule has 0 unspecified atom stereocenters. The van der Waals surface area contributed by atoms with Crippen LogP contribution >= 0.6 is 0 Å². The number of Topliss-reactive ketones (excluding diaryl/α,β-unsaturated/α-hetero) is 1. The Morgan fingerprint density at radius 1 is 1.50 bits per heavy atom. The van der Waals surface area contributed by atoms with Gasteiger partial charge in [0.25, 0.3) is 5.78 Å². The van der Waals surface area contributed by atoms with Crippen LogP contribution in [0.2, 0.25) is 0 Å². The second-order valence-electron chi connectivity index (χ2n) is 3.08. The van der Waals surface area contributed by atoms with E-state index in [0.717, 1.165) is 12.4 Å². The van der Waals surface area contributed by atoms with E-state index in [9.17, 15) is 14.0 Å². The number of aromatic nitrogens is 2. The van der Waals surface area contributed by atoms with Crippen LogP contribution in [0.3, 0.4) is 0 Å². The summed E-state index contributed by atoms with van der Waals surface area (Å²) in [6.07, 6.45) is 1.94. The minimum absolute atomic E-state index is 0.000777. The molecule has 0 aliphatic heterocycles. The van der Waals surface area contributed by atoms with Gasteiger partial charge in [0.2, 0.25) is 0 Å². The lowest BCUT2D eigenvalue weighted by atomic mass is 9.99. The molecule has 0 aliphatic carbocycles. The number of H-pyrrole nitrogens is 1. The molecule has 16 heavy (non-hydrogen) atoms. The normalized spacial score (nSPS) is 10.6. The second-order valence-corrected chi connectivity index (χ2v) is 3.08. The largest absolute Gasteiger partial charge is 0.475 e. The number of carboxylic acid groups (broad SMARTS) is 1. The molecule has 0 bridgehead atoms. The minimum Gasteiger partial charge on any atom is -0.475 e. The molecule has 78 valence electrons. The smallest absolute Gasteiger partial charge is 0.377 e. The summed E-state index contributed by atoms with van der Waals surface area (Å²) in [5.41, 5.74) is -0.153. The third-order valence-electron chi connectivity index (χ3n) is 2.13. The molecule has 5 nitrogen and oxygen atoms in total. The first-order valence-electron chi connectivity index (χ1n) is 4.21. The van der Waals surface area contributed by atoms with Crippen molar-refractivity contribution < 1.29 is 19.1 Å². The number of pyridine rings is 1. The van der Waals surface area contributed by atoms with Crippen molar-refractivity contribution in [2.24, 2.45) is 0 Å². The highest BCUT2D eigenvalue weighted by molar-refractivity contribution is 6.43. The standard InChI is InChI=1S/C9H4BFN2O3/c10-8-6-5(4(11)2-13-8)3(1-12-6)7(14)9(15)16/h1-2,12H,(H,15,16). The summed E-state index contributed by atoms with van der Waals surface area (Å²) < 4.78 is 13.4. The third kappa shape index (κ3) is 1.37. The number of carbonyl (C=O) groups excluding carboxylic acids is 1. The fourth-order valence-corrected chi connectivity index (χ4v) is 1.42. The number of fused-ring (bicyclic) bond motifs is 1. The van der Waals surface area contributed by atoms with Crippen molar-refractivity contribution in [3.63, 3.8) is 0 Å². The zero-order valence-corrected chi connectivity index (χ0v) is 7.82. The fourth-order valence-electron chi connectivity index (χ4n) is 1.42. The molecule has 0 spiro atoms. The van der Waals surface area contributed by atoms with E-state index < -0.39 is 17.6 Å². The molecule has 2 aromatic heterocycles. The van der Waals surface area contributed by atoms with Crippen molar-refractivity contribution in [2.75, 3.05) is 0 Å². The molecule has 0 atom stereocenters. The van der Waals surface area contributed by atoms with Crippen molar-refractivity contribution in [3.8, 4) is 0 Å². The van der Waals surface area contributed by atoms with E-state index in [1.165, 1.54) is 0 Å². The SMILES string of the molecule is [B]c1ncc(F)c2c(C(=O)C(=O)O)c[nH]c12. The first-order chi connectivity index (χ1) is 7.52. The van der Waals surface area contributed by atoms with Gasteiger partial charge in [0, 0.05) is 17.2 Å². The van der Waals surface area contributed by atoms with E-state index in [-0.39, 0.29) is 22.1 Å². The quantitative estimate of drug-likeness (QED) is 0.414. The number of halogens is 1. The van der Waals surface area contributed by atoms with E-state index in [1.807, 2.05) is 0 Å². The Balaban J connectivity index is 2.78. The number of nitrogens with zero attached hydrogens (tertiary/aromatic N) is 1. The summed E-state index contributed by atoms with van der Waals surface area (Å²) >= 11 is 0. The van der Waals surface area contributed by atoms with Crippen molar-refractivity contribution in [2.45, 2.75) is 0 Å². The summed E-state index contributed by atoms with van der Waals surface area (Å²) in [6.45, 7) is 0. The molecule has 2 aromatic rings. The average molecular weight is 218 g/mol. The van der Waals surface area contributed by atoms with E-state index >= 15 is 0 Å². The van der Waals surface area contributed by atoms with Crippen molar-refractivity contribution >= 4 is 36.1 Å². The molecular formula is C9H4BFN2O3. The Morgan fingerprint density at radius 3 is 2.81 bits per heavy atom. The molecule has 0 amide bonds. The second kappa shape index (κ2) is 3.44. The number of carboxylic acids is 1. The lowest BCUT2D eigenvalue weighted by Crippen LogP contribution is -2.14. The van der Waals surface area contributed by atoms with Crippen LogP contribution in [0, 0.1) is 5.82 Å². The fraction of sp³-hybridized carbons (Fsp3) is 0. The highest BCUT2D eigenvalue weighted by atomic mass is 19.1. The van der Waals surface area contributed by atoms with E-state index in [1.54, 1.807) is 0 Å². The van der Waals surface area contributed by atoms with Crippen LogP contribution in [0.25, 0.3) is 10.9 Å². The Labute approximate surface area is 89.7 Å². The average Bonchev–Trinajstić information content (AvgIpc) is 2.67. The van der Waals surface area contributed by atoms with E-state index in [2.05, 4.69) is 9.97 Å². The minimum atomic E-state index is -1.66. The molecule has 2 N–H and O–H groups in total. The van der Waals surface area contributed by atoms with Crippen LogP contribution in [0.5, 0.6) is 0 Å². The predicted octanol–water partition coefficient (Wildman–Crippen LogP) is -0.237. The van der Waals surface area contributed by atoms with Gasteiger partial charge < -0.3 is 10.1 Å². The number of ketones is 1. The zero-order valence-electron chi connectivity index (χ0n) is 7.82. The molecule has 2 radical (unpaired) electrons. The lowest BCUT2D eigenvalue weighted by molar-refractivity contribution is -0.131. The van der Waals surface area contributed by atoms with Crippen LogP contribution in [0.1, 0.15) is 10.4 Å². The molecule has 0 saturated heterocycles. The van der Waals surface area contributed by atoms with Crippen molar-refractivity contribution in [1.29, 1.82) is 0 Å². The first-order valence-corrected chi connectivity index (χ1v) is 4.21. The topological polar surface area (TPSA) is 83.1 Å². The van der Waals surface area contributed by atoms with Crippen molar-refractivity contribution in [3.05, 3.63) is 23.8 Å². The number of carbonyl (C=O) groups is 2. The Bertz CT molecular complexity index is 608. The van der Waals surface area contributed by atoms with Gasteiger partial charge >= 0.3 is 5.97 Å². The number of nitrogens with one attached hydrogen (secondary N) is 1. The summed E-state index contributed by atoms with van der Waals surface area (Å²) in [7, 11) is 5.45. The van der Waals surface area contributed by atoms with Gasteiger partial charge in [0.1, 0.15) is 7.85 Å². The molecule has 0 aliphatic rings. The highest BCUT2D eigenvalue weighted by Crippen LogP contribution is 2.19. The van der Waals surface area contributed by atoms with Gasteiger partial charge in [-0.15, -0.1) is 0 Å². The zero-order chi connectivity index (χ0) is 11.9. The summed E-state index contributed by atoms with van der Waals surface area (Å²) in [5, 5.41) is 8.39. The maximum absolute atomic E-state index is 13.4. The van der Waals surface area contributed by atoms with Crippen molar-refractivity contribution in [1.82, 2.24) is 9.97 Å². The number of aliphatic carboxylic acids is 1. The Morgan fingerprint density at radius 2 is 2.19 bits per heavy atom. The Kier molecular flexibility index (Phi) is 2.23. The number of aromatic amines is 1. The molecule has 7 heteroatoms. The Hall–Kier alpha value is -2.18. The van der Waals surface area contributed by atoms with Gasteiger partial charge in [-0.3, -0.25) is 9.78 Å². The maximum atomic E-state index is 13.4. The van der Waals surface area contributed by atoms with Gasteiger partial charge in [0.05, 0.1) is 17.3 Å². The first kappa shape index (κ1) is 10.3. The van der Waals surface area contributed by atoms with E-state index in [4.69, 9.17) is 13.0 Å². The number of hydrogen-bond donors (Lipinski definition) is 2. The lowest BCUT2D eigenvalue weighted by Gasteiger charge is -1.98. The summed E-state index contributed by atoms with van der Waals surface area (Å²) in [4.78, 5) is 27.8. The maximum Gasteiger partial charge on any atom is 0.377 e. The molecule has 0 aromatic carbocycles. The van der Waals surface area contributed by atoms with Crippen LogP contribution in [-0.2, 0) is 4.79 Å². The summed E-state index contributed by atoms with van der Waals surface area (Å²) in [5.74, 6) is -3.65. The number of hydrogen-bond acceptors (Lipinski definition) is 3. The monoisotopic (exact) mass is 218 g/mol. The van der Waals surface area contributed by atoms with Gasteiger partial charge in [-0.1, -0.05) is 0 Å². The molecule has 0 fully saturated rings. The van der Waals surface area contributed by atoms with Gasteiger partial charge in [-0.2, -0.15) is 0 Å². The van der Waals surface area contributed by atoms with Gasteiger partial charge in [0.15, 0.2) is 5.82 Å². The molecule has 2 rings (SSSR count). The highest BCUT2D eigenvalue weighted by Gasteiger charge is 2.21. The molecular weight excluding hydrogens is 214 g/mol. The third-order valence-corrected chi connectivity index (χ3v) is 2.13. The number of rotatable bonds is 2. The van der Waals surface area contributed by atoms with Gasteiger partial charge in [-0.05, 0) is 0 Å². The van der Waals surface area contributed by atoms with Crippen LogP contribution in [0.15, 0.2) is 12.4 Å². The van der Waals surface area contributed by atoms with Crippen LogP contribution < -0.4 is 5.59 Å². The summed E-state index contributed by atoms with van der Waals surface area (Å²) in [6, 6.07) is 0. The van der Waals surface area contributed by atoms with Crippen LogP contribution in [0.4, 0.5) is 4.39 Å². The van der Waals surface area contributed by atoms with Crippen LogP contribution in [-0.4, -0.2) is 34.7 Å². The van der Waals surface area contributed by atoms with E-state index in [0.29, 0.717) is 0 Å². The molecule has 2 heterocycles. The molecule has 0 saturated carbocycles. The van der Waals surface area contributed by atoms with Gasteiger partial charge in [-0.25, -0.2) is 9.18 Å². The predicted molar refractivity (Wildman–Crippen MR) is 53.4 cm³/mol.